The van der Waals surface area contributed by atoms with Gasteiger partial charge in [0.25, 0.3) is 0 Å². The van der Waals surface area contributed by atoms with Crippen molar-refractivity contribution >= 4 is 29.9 Å². The maximum Gasteiger partial charge on any atom is 0.188 e. The van der Waals surface area contributed by atoms with Crippen LogP contribution in [0.25, 0.3) is 0 Å². The van der Waals surface area contributed by atoms with Gasteiger partial charge in [-0.25, -0.2) is 0 Å². The van der Waals surface area contributed by atoms with E-state index >= 15 is 0 Å². The summed E-state index contributed by atoms with van der Waals surface area (Å²) >= 11 is 0. The molecule has 7 heteroatoms. The number of guanidine groups is 1. The van der Waals surface area contributed by atoms with Crippen molar-refractivity contribution in [2.75, 3.05) is 32.8 Å². The second-order valence-electron chi connectivity index (χ2n) is 7.45. The molecule has 1 aromatic heterocycles. The van der Waals surface area contributed by atoms with E-state index in [4.69, 9.17) is 10.5 Å². The highest BCUT2D eigenvalue weighted by Gasteiger charge is 2.19. The molecule has 0 amide bonds. The minimum atomic E-state index is 0. The maximum absolute atomic E-state index is 6.04. The molecule has 2 aromatic rings. The zero-order valence-corrected chi connectivity index (χ0v) is 19.9. The number of nitrogens with one attached hydrogen (secondary N) is 1. The van der Waals surface area contributed by atoms with Gasteiger partial charge >= 0.3 is 0 Å². The van der Waals surface area contributed by atoms with Gasteiger partial charge in [0.1, 0.15) is 0 Å². The van der Waals surface area contributed by atoms with Gasteiger partial charge in [-0.2, -0.15) is 0 Å². The van der Waals surface area contributed by atoms with Crippen LogP contribution in [0.4, 0.5) is 0 Å². The zero-order valence-electron chi connectivity index (χ0n) is 17.6. The first-order valence-electron chi connectivity index (χ1n) is 10.6. The number of aliphatic imine (C=N–C) groups is 1. The maximum atomic E-state index is 6.04. The highest BCUT2D eigenvalue weighted by atomic mass is 127. The molecule has 0 unspecified atom stereocenters. The fraction of sp³-hybridized carbons (Fsp3) is 0.478. The third-order valence-electron chi connectivity index (χ3n) is 5.14. The van der Waals surface area contributed by atoms with E-state index in [1.807, 2.05) is 18.2 Å². The summed E-state index contributed by atoms with van der Waals surface area (Å²) in [6.45, 7) is 5.42. The summed E-state index contributed by atoms with van der Waals surface area (Å²) in [7, 11) is 0. The molecular weight excluding hydrogens is 489 g/mol. The first kappa shape index (κ1) is 24.6. The molecule has 3 N–H and O–H groups in total. The molecule has 1 saturated heterocycles. The van der Waals surface area contributed by atoms with Gasteiger partial charge < -0.3 is 15.8 Å². The highest BCUT2D eigenvalue weighted by Crippen LogP contribution is 2.16. The molecule has 0 radical (unpaired) electrons. The Bertz CT molecular complexity index is 721. The standard InChI is InChI=1S/C23H33N5O.HI/c24-23(27-15-10-21-9-4-5-13-25-21)26-14-6-18-29-22-11-16-28(17-12-22)19-20-7-2-1-3-8-20;/h1-5,7-9,13,22H,6,10-12,14-19H2,(H3,24,26,27);1H. The quantitative estimate of drug-likeness (QED) is 0.217. The lowest BCUT2D eigenvalue weighted by Gasteiger charge is -2.31. The van der Waals surface area contributed by atoms with Crippen molar-refractivity contribution in [1.82, 2.24) is 15.2 Å². The van der Waals surface area contributed by atoms with Crippen LogP contribution in [-0.2, 0) is 17.7 Å². The predicted octanol–water partition coefficient (Wildman–Crippen LogP) is 3.22. The van der Waals surface area contributed by atoms with Crippen LogP contribution in [0.3, 0.4) is 0 Å². The second-order valence-corrected chi connectivity index (χ2v) is 7.45. The monoisotopic (exact) mass is 523 g/mol. The van der Waals surface area contributed by atoms with E-state index in [1.54, 1.807) is 6.20 Å². The Morgan fingerprint density at radius 3 is 2.63 bits per heavy atom. The van der Waals surface area contributed by atoms with Gasteiger partial charge in [-0.3, -0.25) is 14.9 Å². The minimum absolute atomic E-state index is 0. The normalized spacial score (nSPS) is 15.5. The van der Waals surface area contributed by atoms with Gasteiger partial charge in [-0.05, 0) is 37.0 Å². The molecule has 1 fully saturated rings. The van der Waals surface area contributed by atoms with Crippen molar-refractivity contribution in [3.8, 4) is 0 Å². The third kappa shape index (κ3) is 9.40. The summed E-state index contributed by atoms with van der Waals surface area (Å²) in [4.78, 5) is 11.2. The van der Waals surface area contributed by atoms with Gasteiger partial charge in [0.15, 0.2) is 5.96 Å². The van der Waals surface area contributed by atoms with E-state index in [1.165, 1.54) is 5.56 Å². The molecule has 1 aliphatic heterocycles. The smallest absolute Gasteiger partial charge is 0.188 e. The average Bonchev–Trinajstić information content (AvgIpc) is 2.76. The van der Waals surface area contributed by atoms with E-state index in [0.717, 1.165) is 64.2 Å². The number of nitrogens with zero attached hydrogens (tertiary/aromatic N) is 3. The second kappa shape index (κ2) is 14.3. The van der Waals surface area contributed by atoms with Crippen LogP contribution in [0.1, 0.15) is 30.5 Å². The van der Waals surface area contributed by atoms with Crippen molar-refractivity contribution in [3.63, 3.8) is 0 Å². The largest absolute Gasteiger partial charge is 0.378 e. The average molecular weight is 523 g/mol. The van der Waals surface area contributed by atoms with Gasteiger partial charge in [-0.15, -0.1) is 24.0 Å². The van der Waals surface area contributed by atoms with Crippen LogP contribution in [0.15, 0.2) is 59.7 Å². The SMILES string of the molecule is I.NC(=NCCCOC1CCN(Cc2ccccc2)CC1)NCCc1ccccn1. The van der Waals surface area contributed by atoms with E-state index in [-0.39, 0.29) is 24.0 Å². The summed E-state index contributed by atoms with van der Waals surface area (Å²) in [5.74, 6) is 0.496. The molecule has 164 valence electrons. The summed E-state index contributed by atoms with van der Waals surface area (Å²) < 4.78 is 6.04. The lowest BCUT2D eigenvalue weighted by atomic mass is 10.1. The van der Waals surface area contributed by atoms with Crippen LogP contribution >= 0.6 is 24.0 Å². The van der Waals surface area contributed by atoms with Crippen LogP contribution in [0, 0.1) is 0 Å². The Morgan fingerprint density at radius 2 is 1.90 bits per heavy atom. The molecule has 1 aliphatic rings. The molecule has 2 heterocycles. The van der Waals surface area contributed by atoms with E-state index < -0.39 is 0 Å². The third-order valence-corrected chi connectivity index (χ3v) is 5.14. The molecular formula is C23H34IN5O. The van der Waals surface area contributed by atoms with E-state index in [9.17, 15) is 0 Å². The molecule has 6 nitrogen and oxygen atoms in total. The first-order valence-corrected chi connectivity index (χ1v) is 10.6. The number of piperidine rings is 1. The number of halogens is 1. The molecule has 0 aliphatic carbocycles. The summed E-state index contributed by atoms with van der Waals surface area (Å²) in [5.41, 5.74) is 8.35. The highest BCUT2D eigenvalue weighted by molar-refractivity contribution is 14.0. The fourth-order valence-corrected chi connectivity index (χ4v) is 3.51. The molecule has 0 atom stereocenters. The van der Waals surface area contributed by atoms with Gasteiger partial charge in [0.05, 0.1) is 6.10 Å². The van der Waals surface area contributed by atoms with Crippen LogP contribution < -0.4 is 11.1 Å². The zero-order chi connectivity index (χ0) is 20.2. The number of hydrogen-bond acceptors (Lipinski definition) is 4. The molecule has 0 spiro atoms. The number of rotatable bonds is 10. The summed E-state index contributed by atoms with van der Waals surface area (Å²) in [5, 5.41) is 3.14. The minimum Gasteiger partial charge on any atom is -0.378 e. The number of aromatic nitrogens is 1. The van der Waals surface area contributed by atoms with Crippen molar-refractivity contribution in [1.29, 1.82) is 0 Å². The summed E-state index contributed by atoms with van der Waals surface area (Å²) in [6, 6.07) is 16.6. The predicted molar refractivity (Wildman–Crippen MR) is 133 cm³/mol. The molecule has 3 rings (SSSR count). The van der Waals surface area contributed by atoms with Crippen molar-refractivity contribution in [3.05, 3.63) is 66.0 Å². The Balaban J connectivity index is 0.00000320. The number of nitrogens with two attached hydrogens (primary N) is 1. The molecule has 1 aromatic carbocycles. The first-order chi connectivity index (χ1) is 14.3. The Kier molecular flexibility index (Phi) is 11.7. The van der Waals surface area contributed by atoms with Crippen LogP contribution in [0.2, 0.25) is 0 Å². The molecule has 0 bridgehead atoms. The van der Waals surface area contributed by atoms with Crippen molar-refractivity contribution in [2.24, 2.45) is 10.7 Å². The van der Waals surface area contributed by atoms with Crippen LogP contribution in [0.5, 0.6) is 0 Å². The van der Waals surface area contributed by atoms with E-state index in [2.05, 4.69) is 50.5 Å². The van der Waals surface area contributed by atoms with Crippen LogP contribution in [-0.4, -0.2) is 54.7 Å². The lowest BCUT2D eigenvalue weighted by Crippen LogP contribution is -2.36. The van der Waals surface area contributed by atoms with Gasteiger partial charge in [0, 0.05) is 57.6 Å². The number of likely N-dealkylation sites (tertiary alicyclic amines) is 1. The fourth-order valence-electron chi connectivity index (χ4n) is 3.51. The van der Waals surface area contributed by atoms with Crippen molar-refractivity contribution in [2.45, 2.75) is 38.3 Å². The number of benzene rings is 1. The summed E-state index contributed by atoms with van der Waals surface area (Å²) in [6.07, 6.45) is 6.12. The van der Waals surface area contributed by atoms with E-state index in [0.29, 0.717) is 18.6 Å². The lowest BCUT2D eigenvalue weighted by molar-refractivity contribution is 0.00566. The van der Waals surface area contributed by atoms with Gasteiger partial charge in [0.2, 0.25) is 0 Å². The molecule has 30 heavy (non-hydrogen) atoms. The molecule has 0 saturated carbocycles. The Hall–Kier alpha value is -1.71. The Morgan fingerprint density at radius 1 is 1.13 bits per heavy atom. The number of pyridine rings is 1. The topological polar surface area (TPSA) is 75.8 Å². The number of ether oxygens (including phenoxy) is 1. The number of hydrogen-bond donors (Lipinski definition) is 2. The Labute approximate surface area is 197 Å². The van der Waals surface area contributed by atoms with Gasteiger partial charge in [-0.1, -0.05) is 36.4 Å². The van der Waals surface area contributed by atoms with Crippen molar-refractivity contribution < 1.29 is 4.74 Å².